The van der Waals surface area contributed by atoms with Crippen LogP contribution in [0.2, 0.25) is 0 Å². The van der Waals surface area contributed by atoms with Crippen LogP contribution in [0.3, 0.4) is 0 Å². The zero-order chi connectivity index (χ0) is 23.6. The average molecular weight is 451 g/mol. The summed E-state index contributed by atoms with van der Waals surface area (Å²) < 4.78 is 21.7. The maximum atomic E-state index is 13.0. The lowest BCUT2D eigenvalue weighted by Gasteiger charge is -2.23. The number of rotatable bonds is 10. The molecule has 0 aromatic heterocycles. The summed E-state index contributed by atoms with van der Waals surface area (Å²) in [5.74, 6) is 2.08. The number of carbonyl (C=O) groups is 1. The number of carbonyl (C=O) groups excluding carboxylic acids is 1. The molecule has 7 heteroatoms. The maximum absolute atomic E-state index is 13.0. The van der Waals surface area contributed by atoms with Crippen molar-refractivity contribution >= 4 is 11.8 Å². The Kier molecular flexibility index (Phi) is 8.41. The van der Waals surface area contributed by atoms with Gasteiger partial charge in [0.25, 0.3) is 0 Å². The zero-order valence-electron chi connectivity index (χ0n) is 19.5. The maximum Gasteiger partial charge on any atom is 0.413 e. The monoisotopic (exact) mass is 450 g/mol. The van der Waals surface area contributed by atoms with Crippen LogP contribution in [0.4, 0.5) is 10.5 Å². The number of hydrogen-bond donors (Lipinski definition) is 0. The molecule has 0 aliphatic rings. The highest BCUT2D eigenvalue weighted by molar-refractivity contribution is 5.67. The van der Waals surface area contributed by atoms with Gasteiger partial charge >= 0.3 is 6.09 Å². The zero-order valence-corrected chi connectivity index (χ0v) is 19.5. The molecule has 1 amide bonds. The van der Waals surface area contributed by atoms with E-state index in [1.54, 1.807) is 19.1 Å². The van der Waals surface area contributed by atoms with Gasteiger partial charge in [0, 0.05) is 38.9 Å². The molecule has 0 heterocycles. The van der Waals surface area contributed by atoms with Gasteiger partial charge in [-0.15, -0.1) is 0 Å². The molecule has 0 saturated heterocycles. The molecule has 0 fully saturated rings. The molecule has 0 N–H and O–H groups in total. The second kappa shape index (κ2) is 11.7. The number of amides is 1. The molecule has 33 heavy (non-hydrogen) atoms. The molecule has 174 valence electrons. The topological polar surface area (TPSA) is 60.5 Å². The second-order valence-corrected chi connectivity index (χ2v) is 7.62. The lowest BCUT2D eigenvalue weighted by molar-refractivity contribution is 0.0318. The Bertz CT molecular complexity index is 1000. The first kappa shape index (κ1) is 23.8. The molecule has 0 atom stereocenters. The van der Waals surface area contributed by atoms with E-state index < -0.39 is 6.09 Å². The summed E-state index contributed by atoms with van der Waals surface area (Å²) >= 11 is 0. The summed E-state index contributed by atoms with van der Waals surface area (Å²) in [4.78, 5) is 16.6. The van der Waals surface area contributed by atoms with E-state index >= 15 is 0 Å². The molecule has 0 aliphatic carbocycles. The van der Waals surface area contributed by atoms with Gasteiger partial charge in [-0.05, 0) is 47.5 Å². The van der Waals surface area contributed by atoms with E-state index in [1.165, 1.54) is 0 Å². The van der Waals surface area contributed by atoms with E-state index in [2.05, 4.69) is 0 Å². The second-order valence-electron chi connectivity index (χ2n) is 7.62. The van der Waals surface area contributed by atoms with E-state index in [1.807, 2.05) is 91.8 Å². The standard InChI is InChI=1S/C26H30N2O5/c1-27(2)22-10-7-13-25(16-22)32-19-33-26(29)28(17-20-8-5-11-23(14-20)30-3)18-21-9-6-12-24(15-21)31-4/h5-16H,17-19H2,1-4H3. The number of methoxy groups -OCH3 is 2. The molecule has 0 bridgehead atoms. The lowest BCUT2D eigenvalue weighted by atomic mass is 10.1. The minimum atomic E-state index is -0.482. The third-order valence-electron chi connectivity index (χ3n) is 5.02. The largest absolute Gasteiger partial charge is 0.497 e. The molecule has 7 nitrogen and oxygen atoms in total. The third-order valence-corrected chi connectivity index (χ3v) is 5.02. The Morgan fingerprint density at radius 3 is 1.85 bits per heavy atom. The molecular formula is C26H30N2O5. The highest BCUT2D eigenvalue weighted by Gasteiger charge is 2.17. The Labute approximate surface area is 195 Å². The fourth-order valence-electron chi connectivity index (χ4n) is 3.26. The van der Waals surface area contributed by atoms with Gasteiger partial charge in [-0.1, -0.05) is 30.3 Å². The normalized spacial score (nSPS) is 10.3. The van der Waals surface area contributed by atoms with Crippen molar-refractivity contribution in [3.05, 3.63) is 83.9 Å². The van der Waals surface area contributed by atoms with Crippen LogP contribution >= 0.6 is 0 Å². The molecule has 0 radical (unpaired) electrons. The molecule has 3 aromatic carbocycles. The SMILES string of the molecule is COc1cccc(CN(Cc2cccc(OC)c2)C(=O)OCOc2cccc(N(C)C)c2)c1. The van der Waals surface area contributed by atoms with Crippen molar-refractivity contribution in [1.29, 1.82) is 0 Å². The number of ether oxygens (including phenoxy) is 4. The Balaban J connectivity index is 1.70. The minimum absolute atomic E-state index is 0.192. The van der Waals surface area contributed by atoms with Crippen LogP contribution < -0.4 is 19.1 Å². The molecule has 3 aromatic rings. The van der Waals surface area contributed by atoms with E-state index in [0.717, 1.165) is 28.3 Å². The van der Waals surface area contributed by atoms with E-state index in [9.17, 15) is 4.79 Å². The Morgan fingerprint density at radius 2 is 1.30 bits per heavy atom. The van der Waals surface area contributed by atoms with Gasteiger partial charge < -0.3 is 23.8 Å². The van der Waals surface area contributed by atoms with Crippen LogP contribution in [0.5, 0.6) is 17.2 Å². The predicted octanol–water partition coefficient (Wildman–Crippen LogP) is 4.95. The quantitative estimate of drug-likeness (QED) is 0.408. The predicted molar refractivity (Wildman–Crippen MR) is 128 cm³/mol. The molecule has 3 rings (SSSR count). The van der Waals surface area contributed by atoms with Crippen LogP contribution in [-0.2, 0) is 17.8 Å². The Hall–Kier alpha value is -3.87. The molecular weight excluding hydrogens is 420 g/mol. The minimum Gasteiger partial charge on any atom is -0.497 e. The van der Waals surface area contributed by atoms with Crippen molar-refractivity contribution in [2.45, 2.75) is 13.1 Å². The fraction of sp³-hybridized carbons (Fsp3) is 0.269. The number of anilines is 1. The van der Waals surface area contributed by atoms with E-state index in [0.29, 0.717) is 18.8 Å². The number of nitrogens with zero attached hydrogens (tertiary/aromatic N) is 2. The first-order valence-electron chi connectivity index (χ1n) is 10.6. The van der Waals surface area contributed by atoms with Crippen LogP contribution in [-0.4, -0.2) is 46.1 Å². The summed E-state index contributed by atoms with van der Waals surface area (Å²) in [6.07, 6.45) is -0.482. The van der Waals surface area contributed by atoms with Crippen molar-refractivity contribution in [1.82, 2.24) is 4.90 Å². The lowest BCUT2D eigenvalue weighted by Crippen LogP contribution is -2.31. The summed E-state index contributed by atoms with van der Waals surface area (Å²) in [7, 11) is 7.14. The van der Waals surface area contributed by atoms with Gasteiger partial charge in [-0.3, -0.25) is 4.90 Å². The van der Waals surface area contributed by atoms with Gasteiger partial charge in [0.1, 0.15) is 17.2 Å². The van der Waals surface area contributed by atoms with Crippen LogP contribution in [0.1, 0.15) is 11.1 Å². The third kappa shape index (κ3) is 7.07. The van der Waals surface area contributed by atoms with Crippen molar-refractivity contribution in [3.63, 3.8) is 0 Å². The smallest absolute Gasteiger partial charge is 0.413 e. The van der Waals surface area contributed by atoms with Crippen LogP contribution in [0, 0.1) is 0 Å². The van der Waals surface area contributed by atoms with Gasteiger partial charge in [-0.25, -0.2) is 4.79 Å². The summed E-state index contributed by atoms with van der Waals surface area (Å²) in [6.45, 7) is 0.509. The van der Waals surface area contributed by atoms with Crippen molar-refractivity contribution in [3.8, 4) is 17.2 Å². The molecule has 0 saturated carbocycles. The van der Waals surface area contributed by atoms with Gasteiger partial charge in [0.2, 0.25) is 6.79 Å². The van der Waals surface area contributed by atoms with Crippen LogP contribution in [0.25, 0.3) is 0 Å². The van der Waals surface area contributed by atoms with Gasteiger partial charge in [0.15, 0.2) is 0 Å². The molecule has 0 unspecified atom stereocenters. The highest BCUT2D eigenvalue weighted by Crippen LogP contribution is 2.21. The fourth-order valence-corrected chi connectivity index (χ4v) is 3.26. The number of benzene rings is 3. The van der Waals surface area contributed by atoms with Gasteiger partial charge in [0.05, 0.1) is 14.2 Å². The first-order chi connectivity index (χ1) is 16.0. The summed E-state index contributed by atoms with van der Waals surface area (Å²) in [5, 5.41) is 0. The summed E-state index contributed by atoms with van der Waals surface area (Å²) in [5.41, 5.74) is 2.85. The Morgan fingerprint density at radius 1 is 0.758 bits per heavy atom. The number of hydrogen-bond acceptors (Lipinski definition) is 6. The first-order valence-corrected chi connectivity index (χ1v) is 10.6. The van der Waals surface area contributed by atoms with Crippen molar-refractivity contribution in [2.24, 2.45) is 0 Å². The molecule has 0 spiro atoms. The van der Waals surface area contributed by atoms with E-state index in [-0.39, 0.29) is 6.79 Å². The van der Waals surface area contributed by atoms with E-state index in [4.69, 9.17) is 18.9 Å². The average Bonchev–Trinajstić information content (AvgIpc) is 2.84. The van der Waals surface area contributed by atoms with Crippen LogP contribution in [0.15, 0.2) is 72.8 Å². The summed E-state index contributed by atoms with van der Waals surface area (Å²) in [6, 6.07) is 22.8. The van der Waals surface area contributed by atoms with Gasteiger partial charge in [-0.2, -0.15) is 0 Å². The van der Waals surface area contributed by atoms with Crippen molar-refractivity contribution in [2.75, 3.05) is 40.0 Å². The van der Waals surface area contributed by atoms with Crippen molar-refractivity contribution < 1.29 is 23.7 Å². The highest BCUT2D eigenvalue weighted by atomic mass is 16.7. The molecule has 0 aliphatic heterocycles.